The number of carbonyl (C=O) groups excluding carboxylic acids is 2. The van der Waals surface area contributed by atoms with E-state index in [1.54, 1.807) is 0 Å². The van der Waals surface area contributed by atoms with Crippen molar-refractivity contribution >= 4 is 17.6 Å². The molecule has 5 rings (SSSR count). The molecule has 2 aromatic rings. The Morgan fingerprint density at radius 2 is 1.70 bits per heavy atom. The maximum atomic E-state index is 13.4. The number of nitrogens with one attached hydrogen (secondary N) is 2. The van der Waals surface area contributed by atoms with Crippen LogP contribution in [0, 0.1) is 5.92 Å². The summed E-state index contributed by atoms with van der Waals surface area (Å²) in [6, 6.07) is 11.7. The Bertz CT molecular complexity index is 1100. The summed E-state index contributed by atoms with van der Waals surface area (Å²) in [6.45, 7) is 3.49. The number of fused-ring (bicyclic) bond motifs is 4. The molecule has 1 saturated heterocycles. The first-order chi connectivity index (χ1) is 16.0. The molecule has 1 aliphatic carbocycles. The lowest BCUT2D eigenvalue weighted by molar-refractivity contribution is -0.114. The largest absolute Gasteiger partial charge is 0.335 e. The summed E-state index contributed by atoms with van der Waals surface area (Å²) in [4.78, 5) is 39.5. The van der Waals surface area contributed by atoms with Gasteiger partial charge in [-0.05, 0) is 55.0 Å². The van der Waals surface area contributed by atoms with Gasteiger partial charge in [-0.2, -0.15) is 0 Å². The van der Waals surface area contributed by atoms with Gasteiger partial charge in [0.1, 0.15) is 0 Å². The fourth-order valence-corrected chi connectivity index (χ4v) is 5.78. The molecule has 1 saturated carbocycles. The number of carbonyl (C=O) groups is 2. The molecule has 1 aromatic heterocycles. The van der Waals surface area contributed by atoms with Crippen molar-refractivity contribution < 1.29 is 9.59 Å². The van der Waals surface area contributed by atoms with E-state index in [2.05, 4.69) is 16.7 Å². The minimum absolute atomic E-state index is 0.0228. The van der Waals surface area contributed by atoms with Crippen LogP contribution in [0.5, 0.6) is 0 Å². The fourth-order valence-electron chi connectivity index (χ4n) is 5.78. The Balaban J connectivity index is 1.33. The molecule has 3 heterocycles. The first-order valence-electron chi connectivity index (χ1n) is 12.1. The summed E-state index contributed by atoms with van der Waals surface area (Å²) in [5, 5.41) is 6.01. The second-order valence-corrected chi connectivity index (χ2v) is 9.83. The summed E-state index contributed by atoms with van der Waals surface area (Å²) in [5.74, 6) is 0.367. The topological polar surface area (TPSA) is 83.4 Å². The standard InChI is InChI=1S/C26H32N4O3/c1-17(31)27-22-9-7-19(8-10-22)23-11-12-24-20-13-18(15-30(24)25(23)32)14-29(16-20)26(33)28-21-5-3-2-4-6-21/h7-12,18,20-21H,2-6,13-16H2,1H3,(H,27,31)(H,28,33). The number of pyridine rings is 1. The molecule has 2 unspecified atom stereocenters. The highest BCUT2D eigenvalue weighted by Gasteiger charge is 2.37. The summed E-state index contributed by atoms with van der Waals surface area (Å²) >= 11 is 0. The number of urea groups is 1. The smallest absolute Gasteiger partial charge is 0.317 e. The van der Waals surface area contributed by atoms with Crippen molar-refractivity contribution in [2.45, 2.75) is 64.0 Å². The van der Waals surface area contributed by atoms with Crippen LogP contribution in [-0.2, 0) is 11.3 Å². The average molecular weight is 449 g/mol. The van der Waals surface area contributed by atoms with Gasteiger partial charge < -0.3 is 20.1 Å². The molecule has 33 heavy (non-hydrogen) atoms. The molecule has 0 spiro atoms. The van der Waals surface area contributed by atoms with Gasteiger partial charge in [0.15, 0.2) is 0 Å². The van der Waals surface area contributed by atoms with E-state index < -0.39 is 0 Å². The van der Waals surface area contributed by atoms with Gasteiger partial charge in [-0.1, -0.05) is 31.4 Å². The van der Waals surface area contributed by atoms with Gasteiger partial charge in [-0.25, -0.2) is 4.79 Å². The van der Waals surface area contributed by atoms with Gasteiger partial charge in [0, 0.05) is 55.5 Å². The average Bonchev–Trinajstić information content (AvgIpc) is 2.81. The molecule has 7 nitrogen and oxygen atoms in total. The molecule has 2 N–H and O–H groups in total. The molecule has 0 radical (unpaired) electrons. The quantitative estimate of drug-likeness (QED) is 0.746. The van der Waals surface area contributed by atoms with Crippen molar-refractivity contribution in [1.82, 2.24) is 14.8 Å². The predicted molar refractivity (Wildman–Crippen MR) is 128 cm³/mol. The molecular formula is C26H32N4O3. The number of rotatable bonds is 3. The van der Waals surface area contributed by atoms with Crippen LogP contribution in [0.25, 0.3) is 11.1 Å². The molecular weight excluding hydrogens is 416 g/mol. The summed E-state index contributed by atoms with van der Waals surface area (Å²) in [5.41, 5.74) is 3.28. The first-order valence-corrected chi connectivity index (χ1v) is 12.1. The normalized spacial score (nSPS) is 22.4. The van der Waals surface area contributed by atoms with Crippen molar-refractivity contribution in [2.75, 3.05) is 18.4 Å². The Morgan fingerprint density at radius 3 is 2.42 bits per heavy atom. The number of amides is 3. The lowest BCUT2D eigenvalue weighted by atomic mass is 9.83. The molecule has 2 aliphatic heterocycles. The van der Waals surface area contributed by atoms with Crippen molar-refractivity contribution in [3.05, 3.63) is 52.4 Å². The van der Waals surface area contributed by atoms with Crippen molar-refractivity contribution in [3.63, 3.8) is 0 Å². The lowest BCUT2D eigenvalue weighted by Gasteiger charge is -2.43. The van der Waals surface area contributed by atoms with Crippen LogP contribution in [0.15, 0.2) is 41.2 Å². The van der Waals surface area contributed by atoms with Gasteiger partial charge in [0.25, 0.3) is 5.56 Å². The number of benzene rings is 1. The lowest BCUT2D eigenvalue weighted by Crippen LogP contribution is -2.53. The zero-order chi connectivity index (χ0) is 22.9. The monoisotopic (exact) mass is 448 g/mol. The molecule has 2 fully saturated rings. The van der Waals surface area contributed by atoms with Crippen LogP contribution < -0.4 is 16.2 Å². The number of anilines is 1. The number of likely N-dealkylation sites (tertiary alicyclic amines) is 1. The molecule has 174 valence electrons. The van der Waals surface area contributed by atoms with E-state index in [0.717, 1.165) is 30.5 Å². The maximum absolute atomic E-state index is 13.4. The van der Waals surface area contributed by atoms with E-state index in [1.807, 2.05) is 39.8 Å². The van der Waals surface area contributed by atoms with E-state index in [-0.39, 0.29) is 23.4 Å². The molecule has 3 amide bonds. The minimum atomic E-state index is -0.121. The SMILES string of the molecule is CC(=O)Nc1ccc(-c2ccc3n(c2=O)CC2CC3CN(C(=O)NC3CCCCC3)C2)cc1. The van der Waals surface area contributed by atoms with Crippen LogP contribution in [0.4, 0.5) is 10.5 Å². The molecule has 2 bridgehead atoms. The van der Waals surface area contributed by atoms with Gasteiger partial charge in [-0.3, -0.25) is 9.59 Å². The third-order valence-corrected chi connectivity index (χ3v) is 7.34. The summed E-state index contributed by atoms with van der Waals surface area (Å²) in [6.07, 6.45) is 6.86. The van der Waals surface area contributed by atoms with E-state index >= 15 is 0 Å². The minimum Gasteiger partial charge on any atom is -0.335 e. The highest BCUT2D eigenvalue weighted by molar-refractivity contribution is 5.89. The van der Waals surface area contributed by atoms with Crippen molar-refractivity contribution in [1.29, 1.82) is 0 Å². The predicted octanol–water partition coefficient (Wildman–Crippen LogP) is 3.94. The molecule has 7 heteroatoms. The highest BCUT2D eigenvalue weighted by Crippen LogP contribution is 2.36. The second-order valence-electron chi connectivity index (χ2n) is 9.83. The van der Waals surface area contributed by atoms with Crippen LogP contribution in [-0.4, -0.2) is 40.5 Å². The summed E-state index contributed by atoms with van der Waals surface area (Å²) < 4.78 is 1.92. The maximum Gasteiger partial charge on any atom is 0.317 e. The Labute approximate surface area is 194 Å². The number of piperidine rings is 1. The van der Waals surface area contributed by atoms with E-state index in [4.69, 9.17) is 0 Å². The first kappa shape index (κ1) is 21.7. The second kappa shape index (κ2) is 9.04. The Kier molecular flexibility index (Phi) is 5.96. The van der Waals surface area contributed by atoms with Crippen LogP contribution in [0.3, 0.4) is 0 Å². The molecule has 2 atom stereocenters. The zero-order valence-corrected chi connectivity index (χ0v) is 19.2. The Hall–Kier alpha value is -3.09. The highest BCUT2D eigenvalue weighted by atomic mass is 16.2. The molecule has 3 aliphatic rings. The van der Waals surface area contributed by atoms with Gasteiger partial charge >= 0.3 is 6.03 Å². The summed E-state index contributed by atoms with van der Waals surface area (Å²) in [7, 11) is 0. The van der Waals surface area contributed by atoms with Gasteiger partial charge in [0.2, 0.25) is 5.91 Å². The van der Waals surface area contributed by atoms with Crippen molar-refractivity contribution in [3.8, 4) is 11.1 Å². The van der Waals surface area contributed by atoms with Gasteiger partial charge in [0.05, 0.1) is 0 Å². The fraction of sp³-hybridized carbons (Fsp3) is 0.500. The molecule has 1 aromatic carbocycles. The zero-order valence-electron chi connectivity index (χ0n) is 19.2. The Morgan fingerprint density at radius 1 is 0.939 bits per heavy atom. The number of hydrogen-bond donors (Lipinski definition) is 2. The van der Waals surface area contributed by atoms with Crippen LogP contribution in [0.1, 0.15) is 57.1 Å². The number of aromatic nitrogens is 1. The number of nitrogens with zero attached hydrogens (tertiary/aromatic N) is 2. The van der Waals surface area contributed by atoms with E-state index in [9.17, 15) is 14.4 Å². The van der Waals surface area contributed by atoms with Gasteiger partial charge in [-0.15, -0.1) is 0 Å². The van der Waals surface area contributed by atoms with E-state index in [0.29, 0.717) is 42.8 Å². The van der Waals surface area contributed by atoms with Crippen LogP contribution >= 0.6 is 0 Å². The van der Waals surface area contributed by atoms with Crippen molar-refractivity contribution in [2.24, 2.45) is 5.92 Å². The number of hydrogen-bond acceptors (Lipinski definition) is 3. The third kappa shape index (κ3) is 4.54. The third-order valence-electron chi connectivity index (χ3n) is 7.34. The van der Waals surface area contributed by atoms with E-state index in [1.165, 1.54) is 26.2 Å². The van der Waals surface area contributed by atoms with Crippen LogP contribution in [0.2, 0.25) is 0 Å².